The summed E-state index contributed by atoms with van der Waals surface area (Å²) in [5.41, 5.74) is 5.77. The Morgan fingerprint density at radius 2 is 2.00 bits per heavy atom. The van der Waals surface area contributed by atoms with Gasteiger partial charge >= 0.3 is 0 Å². The molecule has 1 amide bonds. The van der Waals surface area contributed by atoms with Gasteiger partial charge in [-0.3, -0.25) is 4.79 Å². The lowest BCUT2D eigenvalue weighted by Crippen LogP contribution is -2.52. The number of hydrogen-bond donors (Lipinski definition) is 2. The minimum Gasteiger partial charge on any atom is -0.352 e. The molecule has 3 heteroatoms. The summed E-state index contributed by atoms with van der Waals surface area (Å²) < 4.78 is 0. The van der Waals surface area contributed by atoms with Crippen LogP contribution < -0.4 is 11.1 Å². The Morgan fingerprint density at radius 3 is 2.50 bits per heavy atom. The van der Waals surface area contributed by atoms with E-state index in [2.05, 4.69) is 12.2 Å². The largest absolute Gasteiger partial charge is 0.352 e. The van der Waals surface area contributed by atoms with Crippen LogP contribution in [0.4, 0.5) is 0 Å². The van der Waals surface area contributed by atoms with Gasteiger partial charge in [-0.15, -0.1) is 0 Å². The summed E-state index contributed by atoms with van der Waals surface area (Å²) in [6, 6.07) is -0.0746. The second-order valence-corrected chi connectivity index (χ2v) is 6.32. The fourth-order valence-corrected chi connectivity index (χ4v) is 2.25. The highest BCUT2D eigenvalue weighted by Crippen LogP contribution is 2.24. The van der Waals surface area contributed by atoms with Gasteiger partial charge in [-0.1, -0.05) is 40.5 Å². The van der Waals surface area contributed by atoms with Crippen molar-refractivity contribution in [2.75, 3.05) is 0 Å². The van der Waals surface area contributed by atoms with Crippen LogP contribution >= 0.6 is 0 Å². The predicted molar refractivity (Wildman–Crippen MR) is 67.0 cm³/mol. The first-order chi connectivity index (χ1) is 7.30. The van der Waals surface area contributed by atoms with Crippen molar-refractivity contribution in [3.05, 3.63) is 0 Å². The van der Waals surface area contributed by atoms with Crippen molar-refractivity contribution in [2.45, 2.75) is 65.5 Å². The van der Waals surface area contributed by atoms with Crippen LogP contribution in [0.3, 0.4) is 0 Å². The molecule has 1 saturated carbocycles. The third-order valence-corrected chi connectivity index (χ3v) is 3.50. The van der Waals surface area contributed by atoms with Gasteiger partial charge in [-0.25, -0.2) is 0 Å². The van der Waals surface area contributed by atoms with Crippen LogP contribution in [0.5, 0.6) is 0 Å². The maximum atomic E-state index is 11.9. The first kappa shape index (κ1) is 13.5. The molecule has 0 saturated heterocycles. The molecule has 0 spiro atoms. The standard InChI is InChI=1S/C13H26N2O/c1-9-6-5-7-10(8-9)15-12(16)11(14)13(2,3)4/h9-11H,5-8,14H2,1-4H3,(H,15,16). The molecule has 1 aliphatic rings. The normalized spacial score (nSPS) is 28.6. The average molecular weight is 226 g/mol. The van der Waals surface area contributed by atoms with Crippen LogP contribution in [0, 0.1) is 11.3 Å². The van der Waals surface area contributed by atoms with E-state index >= 15 is 0 Å². The van der Waals surface area contributed by atoms with Crippen LogP contribution in [0.2, 0.25) is 0 Å². The molecule has 1 fully saturated rings. The zero-order chi connectivity index (χ0) is 12.3. The third-order valence-electron chi connectivity index (χ3n) is 3.50. The van der Waals surface area contributed by atoms with Crippen molar-refractivity contribution in [2.24, 2.45) is 17.1 Å². The molecule has 3 atom stereocenters. The molecule has 3 nitrogen and oxygen atoms in total. The summed E-state index contributed by atoms with van der Waals surface area (Å²) in [4.78, 5) is 11.9. The van der Waals surface area contributed by atoms with E-state index in [4.69, 9.17) is 5.73 Å². The molecular formula is C13H26N2O. The van der Waals surface area contributed by atoms with E-state index in [1.54, 1.807) is 0 Å². The number of carbonyl (C=O) groups excluding carboxylic acids is 1. The second kappa shape index (κ2) is 5.17. The fourth-order valence-electron chi connectivity index (χ4n) is 2.25. The molecule has 0 radical (unpaired) electrons. The number of amides is 1. The maximum absolute atomic E-state index is 11.9. The number of hydrogen-bond acceptors (Lipinski definition) is 2. The fraction of sp³-hybridized carbons (Fsp3) is 0.923. The molecule has 0 heterocycles. The molecule has 1 rings (SSSR count). The van der Waals surface area contributed by atoms with E-state index in [-0.39, 0.29) is 11.3 Å². The topological polar surface area (TPSA) is 55.1 Å². The van der Waals surface area contributed by atoms with Gasteiger partial charge in [0.2, 0.25) is 5.91 Å². The van der Waals surface area contributed by atoms with Gasteiger partial charge in [0.15, 0.2) is 0 Å². The first-order valence-electron chi connectivity index (χ1n) is 6.36. The summed E-state index contributed by atoms with van der Waals surface area (Å²) in [6.45, 7) is 8.25. The smallest absolute Gasteiger partial charge is 0.237 e. The molecule has 1 aliphatic carbocycles. The van der Waals surface area contributed by atoms with Crippen LogP contribution in [0.25, 0.3) is 0 Å². The van der Waals surface area contributed by atoms with Gasteiger partial charge in [0.25, 0.3) is 0 Å². The van der Waals surface area contributed by atoms with Gasteiger partial charge in [0.05, 0.1) is 6.04 Å². The van der Waals surface area contributed by atoms with Crippen molar-refractivity contribution >= 4 is 5.91 Å². The minimum absolute atomic E-state index is 0.00611. The number of nitrogens with two attached hydrogens (primary N) is 1. The lowest BCUT2D eigenvalue weighted by atomic mass is 9.84. The lowest BCUT2D eigenvalue weighted by Gasteiger charge is -2.31. The van der Waals surface area contributed by atoms with Gasteiger partial charge in [0.1, 0.15) is 0 Å². The average Bonchev–Trinajstić information content (AvgIpc) is 2.15. The van der Waals surface area contributed by atoms with E-state index in [1.807, 2.05) is 20.8 Å². The molecule has 0 aromatic carbocycles. The Morgan fingerprint density at radius 1 is 1.38 bits per heavy atom. The molecular weight excluding hydrogens is 200 g/mol. The van der Waals surface area contributed by atoms with Gasteiger partial charge in [-0.05, 0) is 24.2 Å². The van der Waals surface area contributed by atoms with Crippen LogP contribution in [0.1, 0.15) is 53.4 Å². The highest BCUT2D eigenvalue weighted by Gasteiger charge is 2.29. The monoisotopic (exact) mass is 226 g/mol. The van der Waals surface area contributed by atoms with Gasteiger partial charge in [0, 0.05) is 6.04 Å². The van der Waals surface area contributed by atoms with Gasteiger partial charge in [-0.2, -0.15) is 0 Å². The molecule has 3 N–H and O–H groups in total. The number of nitrogens with one attached hydrogen (secondary N) is 1. The first-order valence-corrected chi connectivity index (χ1v) is 6.36. The highest BCUT2D eigenvalue weighted by molar-refractivity contribution is 5.82. The number of carbonyl (C=O) groups is 1. The molecule has 0 aromatic rings. The molecule has 0 bridgehead atoms. The SMILES string of the molecule is CC1CCCC(NC(=O)C(N)C(C)(C)C)C1. The highest BCUT2D eigenvalue weighted by atomic mass is 16.2. The molecule has 94 valence electrons. The van der Waals surface area contributed by atoms with E-state index < -0.39 is 6.04 Å². The quantitative estimate of drug-likeness (QED) is 0.757. The zero-order valence-corrected chi connectivity index (χ0v) is 11.0. The van der Waals surface area contributed by atoms with Crippen molar-refractivity contribution in [1.29, 1.82) is 0 Å². The van der Waals surface area contributed by atoms with Crippen molar-refractivity contribution < 1.29 is 4.79 Å². The minimum atomic E-state index is -0.412. The molecule has 3 unspecified atom stereocenters. The Balaban J connectivity index is 2.45. The summed E-state index contributed by atoms with van der Waals surface area (Å²) in [6.07, 6.45) is 4.71. The number of rotatable bonds is 2. The van der Waals surface area contributed by atoms with Crippen molar-refractivity contribution in [3.8, 4) is 0 Å². The van der Waals surface area contributed by atoms with E-state index in [0.717, 1.165) is 18.8 Å². The molecule has 0 aromatic heterocycles. The zero-order valence-electron chi connectivity index (χ0n) is 11.0. The summed E-state index contributed by atoms with van der Waals surface area (Å²) in [7, 11) is 0. The summed E-state index contributed by atoms with van der Waals surface area (Å²) in [5.74, 6) is 0.733. The third kappa shape index (κ3) is 3.78. The van der Waals surface area contributed by atoms with E-state index in [9.17, 15) is 4.79 Å². The predicted octanol–water partition coefficient (Wildman–Crippen LogP) is 2.05. The van der Waals surface area contributed by atoms with Crippen molar-refractivity contribution in [3.63, 3.8) is 0 Å². The lowest BCUT2D eigenvalue weighted by molar-refractivity contribution is -0.125. The van der Waals surface area contributed by atoms with E-state index in [0.29, 0.717) is 6.04 Å². The van der Waals surface area contributed by atoms with Crippen LogP contribution in [-0.2, 0) is 4.79 Å². The van der Waals surface area contributed by atoms with Crippen molar-refractivity contribution in [1.82, 2.24) is 5.32 Å². The second-order valence-electron chi connectivity index (χ2n) is 6.32. The van der Waals surface area contributed by atoms with Crippen LogP contribution in [0.15, 0.2) is 0 Å². The van der Waals surface area contributed by atoms with Crippen LogP contribution in [-0.4, -0.2) is 18.0 Å². The molecule has 16 heavy (non-hydrogen) atoms. The Bertz CT molecular complexity index is 245. The summed E-state index contributed by atoms with van der Waals surface area (Å²) in [5, 5.41) is 3.09. The Kier molecular flexibility index (Phi) is 4.36. The maximum Gasteiger partial charge on any atom is 0.237 e. The van der Waals surface area contributed by atoms with E-state index in [1.165, 1.54) is 12.8 Å². The van der Waals surface area contributed by atoms with Gasteiger partial charge < -0.3 is 11.1 Å². The summed E-state index contributed by atoms with van der Waals surface area (Å²) >= 11 is 0. The Hall–Kier alpha value is -0.570. The molecule has 0 aliphatic heterocycles. The Labute approximate surface area is 99.2 Å².